The number of hydrogen-bond donors (Lipinski definition) is 0. The third-order valence-electron chi connectivity index (χ3n) is 7.71. The molecule has 0 aliphatic carbocycles. The van der Waals surface area contributed by atoms with E-state index in [9.17, 15) is 0 Å². The molecule has 0 spiro atoms. The molecule has 0 fully saturated rings. The van der Waals surface area contributed by atoms with E-state index in [1.807, 2.05) is 0 Å². The maximum absolute atomic E-state index is 5.37. The molecule has 3 aromatic rings. The van der Waals surface area contributed by atoms with Gasteiger partial charge in [0.2, 0.25) is 0 Å². The van der Waals surface area contributed by atoms with Gasteiger partial charge in [0.25, 0.3) is 0 Å². The molecular weight excluding hydrogens is 535 g/mol. The third kappa shape index (κ3) is 5.89. The Hall–Kier alpha value is -1.33. The van der Waals surface area contributed by atoms with Gasteiger partial charge in [-0.2, -0.15) is 0 Å². The predicted octanol–water partition coefficient (Wildman–Crippen LogP) is 7.06. The number of unbranched alkanes of at least 4 members (excludes halogenated alkanes) is 3. The molecule has 0 bridgehead atoms. The Balaban J connectivity index is 2.36. The van der Waals surface area contributed by atoms with Crippen LogP contribution in [-0.2, 0) is 0 Å². The Morgan fingerprint density at radius 3 is 1.68 bits per heavy atom. The average Bonchev–Trinajstić information content (AvgIpc) is 3.23. The molecule has 0 amide bonds. The molecule has 2 nitrogen and oxygen atoms in total. The zero-order valence-corrected chi connectivity index (χ0v) is 26.4. The van der Waals surface area contributed by atoms with Gasteiger partial charge in [-0.05, 0) is 0 Å². The quantitative estimate of drug-likeness (QED) is 0.198. The normalized spacial score (nSPS) is 12.3. The first kappa shape index (κ1) is 27.3. The summed E-state index contributed by atoms with van der Waals surface area (Å²) in [5.74, 6) is 0. The van der Waals surface area contributed by atoms with Gasteiger partial charge >= 0.3 is 215 Å². The molecule has 0 unspecified atom stereocenters. The fourth-order valence-corrected chi connectivity index (χ4v) is 30.0. The zero-order valence-electron chi connectivity index (χ0n) is 22.5. The Labute approximate surface area is 214 Å². The van der Waals surface area contributed by atoms with E-state index in [4.69, 9.17) is 5.10 Å². The molecule has 3 rings (SSSR count). The Bertz CT molecular complexity index is 989. The van der Waals surface area contributed by atoms with E-state index in [1.165, 1.54) is 68.4 Å². The SMILES string of the molecule is CCC[CH2][Sn]([CH2]CCC)([CH2]CCC)[c]1c([Si](C)(C)c2ccccc2)c(C)nn1-c1ccccc1. The zero-order chi connectivity index (χ0) is 24.6. The van der Waals surface area contributed by atoms with Crippen LogP contribution in [0.4, 0.5) is 0 Å². The minimum absolute atomic E-state index is 1.26. The van der Waals surface area contributed by atoms with Crippen molar-refractivity contribution < 1.29 is 0 Å². The van der Waals surface area contributed by atoms with E-state index in [-0.39, 0.29) is 0 Å². The summed E-state index contributed by atoms with van der Waals surface area (Å²) in [6, 6.07) is 22.4. The van der Waals surface area contributed by atoms with Crippen LogP contribution in [-0.4, -0.2) is 36.2 Å². The van der Waals surface area contributed by atoms with Crippen molar-refractivity contribution >= 4 is 40.5 Å². The molecule has 0 saturated heterocycles. The second kappa shape index (κ2) is 12.6. The average molecular weight is 582 g/mol. The van der Waals surface area contributed by atoms with E-state index in [0.29, 0.717) is 0 Å². The van der Waals surface area contributed by atoms with Crippen LogP contribution in [0, 0.1) is 6.92 Å². The van der Waals surface area contributed by atoms with Crippen molar-refractivity contribution in [2.45, 2.75) is 92.6 Å². The Kier molecular flexibility index (Phi) is 10.1. The summed E-state index contributed by atoms with van der Waals surface area (Å²) >= 11 is -2.80. The minimum atomic E-state index is -2.80. The standard InChI is InChI=1S/C18H19N2Si.3C4H9.Sn/c1-15-18(21(2,3)17-12-8-5-9-13-17)14-20(19-15)16-10-6-4-7-11-16;3*1-3-4-2;/h4-13H,1-3H3;3*1,3-4H2,2H3;. The van der Waals surface area contributed by atoms with Gasteiger partial charge in [0, 0.05) is 0 Å². The number of para-hydroxylation sites is 1. The van der Waals surface area contributed by atoms with Crippen molar-refractivity contribution in [2.75, 3.05) is 0 Å². The van der Waals surface area contributed by atoms with Crippen molar-refractivity contribution in [3.8, 4) is 5.69 Å². The molecular formula is C30H46N2SiSn. The van der Waals surface area contributed by atoms with Crippen LogP contribution in [0.2, 0.25) is 26.4 Å². The summed E-state index contributed by atoms with van der Waals surface area (Å²) in [5.41, 5.74) is 2.54. The second-order valence-electron chi connectivity index (χ2n) is 10.6. The monoisotopic (exact) mass is 582 g/mol. The summed E-state index contributed by atoms with van der Waals surface area (Å²) in [4.78, 5) is 0. The second-order valence-corrected chi connectivity index (χ2v) is 27.9. The van der Waals surface area contributed by atoms with E-state index >= 15 is 0 Å². The number of aryl methyl sites for hydroxylation is 1. The van der Waals surface area contributed by atoms with Crippen LogP contribution in [0.3, 0.4) is 0 Å². The van der Waals surface area contributed by atoms with Gasteiger partial charge in [0.1, 0.15) is 0 Å². The number of aromatic nitrogens is 2. The van der Waals surface area contributed by atoms with Crippen LogP contribution in [0.15, 0.2) is 60.7 Å². The van der Waals surface area contributed by atoms with Gasteiger partial charge in [-0.25, -0.2) is 0 Å². The molecule has 1 heterocycles. The summed E-state index contributed by atoms with van der Waals surface area (Å²) in [7, 11) is -1.91. The van der Waals surface area contributed by atoms with E-state index < -0.39 is 26.5 Å². The Morgan fingerprint density at radius 1 is 0.735 bits per heavy atom. The summed E-state index contributed by atoms with van der Waals surface area (Å²) in [5, 5.41) is 8.57. The molecule has 0 aliphatic heterocycles. The van der Waals surface area contributed by atoms with Gasteiger partial charge in [0.05, 0.1) is 0 Å². The van der Waals surface area contributed by atoms with E-state index in [2.05, 4.69) is 106 Å². The van der Waals surface area contributed by atoms with Crippen molar-refractivity contribution in [3.63, 3.8) is 0 Å². The first-order valence-electron chi connectivity index (χ1n) is 13.6. The molecule has 1 aromatic heterocycles. The first-order valence-corrected chi connectivity index (χ1v) is 24.1. The van der Waals surface area contributed by atoms with Crippen LogP contribution in [0.5, 0.6) is 0 Å². The van der Waals surface area contributed by atoms with Crippen molar-refractivity contribution in [2.24, 2.45) is 0 Å². The summed E-state index contributed by atoms with van der Waals surface area (Å²) < 4.78 is 8.61. The number of hydrogen-bond acceptors (Lipinski definition) is 1. The van der Waals surface area contributed by atoms with Crippen molar-refractivity contribution in [1.82, 2.24) is 9.78 Å². The van der Waals surface area contributed by atoms with Gasteiger partial charge in [-0.15, -0.1) is 0 Å². The number of rotatable bonds is 13. The van der Waals surface area contributed by atoms with Gasteiger partial charge in [-0.3, -0.25) is 0 Å². The molecule has 0 radical (unpaired) electrons. The van der Waals surface area contributed by atoms with Crippen LogP contribution in [0.25, 0.3) is 5.69 Å². The number of benzene rings is 2. The van der Waals surface area contributed by atoms with Crippen LogP contribution in [0.1, 0.15) is 65.0 Å². The molecule has 0 N–H and O–H groups in total. The molecule has 0 atom stereocenters. The van der Waals surface area contributed by atoms with E-state index in [1.54, 1.807) is 8.90 Å². The summed E-state index contributed by atoms with van der Waals surface area (Å²) in [6.45, 7) is 14.6. The molecule has 34 heavy (non-hydrogen) atoms. The first-order chi connectivity index (χ1) is 16.4. The fraction of sp³-hybridized carbons (Fsp3) is 0.500. The molecule has 2 aromatic carbocycles. The summed E-state index contributed by atoms with van der Waals surface area (Å²) in [6.07, 6.45) is 8.00. The van der Waals surface area contributed by atoms with Gasteiger partial charge < -0.3 is 0 Å². The van der Waals surface area contributed by atoms with E-state index in [0.717, 1.165) is 0 Å². The van der Waals surface area contributed by atoms with Crippen LogP contribution < -0.4 is 14.1 Å². The van der Waals surface area contributed by atoms with Gasteiger partial charge in [0.15, 0.2) is 0 Å². The molecule has 0 saturated carbocycles. The van der Waals surface area contributed by atoms with Crippen LogP contribution >= 0.6 is 0 Å². The fourth-order valence-electron chi connectivity index (χ4n) is 5.80. The third-order valence-corrected chi connectivity index (χ3v) is 27.5. The van der Waals surface area contributed by atoms with Crippen molar-refractivity contribution in [3.05, 3.63) is 66.4 Å². The molecule has 184 valence electrons. The molecule has 0 aliphatic rings. The topological polar surface area (TPSA) is 17.8 Å². The van der Waals surface area contributed by atoms with Crippen molar-refractivity contribution in [1.29, 1.82) is 0 Å². The predicted molar refractivity (Wildman–Crippen MR) is 156 cm³/mol. The molecule has 4 heteroatoms. The van der Waals surface area contributed by atoms with Gasteiger partial charge in [-0.1, -0.05) is 0 Å². The Morgan fingerprint density at radius 2 is 1.21 bits per heavy atom. The number of nitrogens with zero attached hydrogens (tertiary/aromatic N) is 2. The maximum atomic E-state index is 5.37.